The molecule has 96 valence electrons. The quantitative estimate of drug-likeness (QED) is 0.892. The average Bonchev–Trinajstić information content (AvgIpc) is 2.62. The number of nitrogens with zero attached hydrogens (tertiary/aromatic N) is 1. The number of thioether (sulfide) groups is 1. The highest BCUT2D eigenvalue weighted by molar-refractivity contribution is 9.10. The number of rotatable bonds is 2. The average molecular weight is 331 g/mol. The highest BCUT2D eigenvalue weighted by Crippen LogP contribution is 2.27. The summed E-state index contributed by atoms with van der Waals surface area (Å²) < 4.78 is 0.385. The van der Waals surface area contributed by atoms with Gasteiger partial charge in [0.25, 0.3) is 0 Å². The molecule has 18 heavy (non-hydrogen) atoms. The first-order valence-electron chi connectivity index (χ1n) is 5.33. The number of halogens is 1. The summed E-state index contributed by atoms with van der Waals surface area (Å²) in [4.78, 5) is 39.0. The van der Waals surface area contributed by atoms with Gasteiger partial charge in [0.1, 0.15) is 5.69 Å². The van der Waals surface area contributed by atoms with Gasteiger partial charge < -0.3 is 9.88 Å². The number of pyridine rings is 1. The molecule has 1 aromatic rings. The fourth-order valence-electron chi connectivity index (χ4n) is 1.87. The van der Waals surface area contributed by atoms with Crippen LogP contribution in [0.5, 0.6) is 0 Å². The Labute approximate surface area is 116 Å². The Balaban J connectivity index is 2.24. The van der Waals surface area contributed by atoms with Crippen molar-refractivity contribution >= 4 is 44.4 Å². The smallest absolute Gasteiger partial charge is 0.228 e. The Bertz CT molecular complexity index is 557. The molecular weight excluding hydrogens is 320 g/mol. The van der Waals surface area contributed by atoms with Crippen molar-refractivity contribution in [2.24, 2.45) is 0 Å². The van der Waals surface area contributed by atoms with Crippen molar-refractivity contribution < 1.29 is 9.59 Å². The maximum atomic E-state index is 11.9. The zero-order valence-corrected chi connectivity index (χ0v) is 12.0. The van der Waals surface area contributed by atoms with Gasteiger partial charge in [-0.15, -0.1) is 0 Å². The van der Waals surface area contributed by atoms with Gasteiger partial charge in [0.15, 0.2) is 5.12 Å². The molecule has 0 radical (unpaired) electrons. The van der Waals surface area contributed by atoms with E-state index in [1.807, 2.05) is 0 Å². The van der Waals surface area contributed by atoms with Gasteiger partial charge in [-0.3, -0.25) is 14.4 Å². The Kier molecular flexibility index (Phi) is 3.91. The number of anilines is 1. The lowest BCUT2D eigenvalue weighted by atomic mass is 10.3. The van der Waals surface area contributed by atoms with Gasteiger partial charge in [0, 0.05) is 37.5 Å². The summed E-state index contributed by atoms with van der Waals surface area (Å²) in [5.74, 6) is -0.127. The maximum Gasteiger partial charge on any atom is 0.228 e. The van der Waals surface area contributed by atoms with E-state index in [2.05, 4.69) is 20.9 Å². The molecule has 0 bridgehead atoms. The molecule has 0 saturated carbocycles. The molecule has 0 spiro atoms. The van der Waals surface area contributed by atoms with Gasteiger partial charge in [-0.25, -0.2) is 0 Å². The predicted molar refractivity (Wildman–Crippen MR) is 73.8 cm³/mol. The highest BCUT2D eigenvalue weighted by Gasteiger charge is 2.33. The molecule has 1 unspecified atom stereocenters. The summed E-state index contributed by atoms with van der Waals surface area (Å²) in [5.41, 5.74) is 0.0941. The SMILES string of the molecule is CC(=O)SC1CC(=O)N(c2c[nH]cc(Br)c2=O)C1. The second-order valence-corrected chi connectivity index (χ2v) is 6.29. The summed E-state index contributed by atoms with van der Waals surface area (Å²) in [6, 6.07) is 0. The number of nitrogens with one attached hydrogen (secondary N) is 1. The van der Waals surface area contributed by atoms with Crippen LogP contribution in [0.25, 0.3) is 0 Å². The Morgan fingerprint density at radius 1 is 1.50 bits per heavy atom. The fourth-order valence-corrected chi connectivity index (χ4v) is 3.12. The van der Waals surface area contributed by atoms with Gasteiger partial charge in [-0.1, -0.05) is 11.8 Å². The van der Waals surface area contributed by atoms with E-state index < -0.39 is 0 Å². The first-order valence-corrected chi connectivity index (χ1v) is 7.00. The Morgan fingerprint density at radius 2 is 2.22 bits per heavy atom. The molecule has 1 aliphatic heterocycles. The summed E-state index contributed by atoms with van der Waals surface area (Å²) in [5, 5.41) is -0.0915. The van der Waals surface area contributed by atoms with E-state index in [0.29, 0.717) is 16.7 Å². The van der Waals surface area contributed by atoms with Crippen LogP contribution in [-0.4, -0.2) is 27.8 Å². The molecule has 0 aromatic carbocycles. The zero-order chi connectivity index (χ0) is 13.3. The second kappa shape index (κ2) is 5.27. The van der Waals surface area contributed by atoms with E-state index in [1.54, 1.807) is 0 Å². The summed E-state index contributed by atoms with van der Waals surface area (Å²) in [6.07, 6.45) is 3.32. The van der Waals surface area contributed by atoms with Gasteiger partial charge in [-0.2, -0.15) is 0 Å². The molecule has 1 amide bonds. The number of aromatic amines is 1. The first-order chi connectivity index (χ1) is 8.49. The minimum atomic E-state index is -0.226. The molecule has 1 aliphatic rings. The number of aromatic nitrogens is 1. The lowest BCUT2D eigenvalue weighted by Crippen LogP contribution is -2.30. The van der Waals surface area contributed by atoms with Crippen LogP contribution in [0.1, 0.15) is 13.3 Å². The Morgan fingerprint density at radius 3 is 2.89 bits per heavy atom. The largest absolute Gasteiger partial charge is 0.365 e. The summed E-state index contributed by atoms with van der Waals surface area (Å²) >= 11 is 4.28. The van der Waals surface area contributed by atoms with E-state index in [1.165, 1.54) is 24.2 Å². The third-order valence-electron chi connectivity index (χ3n) is 2.59. The molecule has 1 fully saturated rings. The number of amides is 1. The monoisotopic (exact) mass is 330 g/mol. The molecule has 0 aliphatic carbocycles. The van der Waals surface area contributed by atoms with Crippen LogP contribution in [0, 0.1) is 0 Å². The number of hydrogen-bond acceptors (Lipinski definition) is 4. The first kappa shape index (κ1) is 13.4. The third-order valence-corrected chi connectivity index (χ3v) is 4.16. The number of carbonyl (C=O) groups excluding carboxylic acids is 2. The lowest BCUT2D eigenvalue weighted by molar-refractivity contribution is -0.117. The van der Waals surface area contributed by atoms with Gasteiger partial charge in [-0.05, 0) is 15.9 Å². The van der Waals surface area contributed by atoms with Crippen molar-refractivity contribution in [3.8, 4) is 0 Å². The number of H-pyrrole nitrogens is 1. The lowest BCUT2D eigenvalue weighted by Gasteiger charge is -2.15. The van der Waals surface area contributed by atoms with Crippen LogP contribution < -0.4 is 10.3 Å². The van der Waals surface area contributed by atoms with Gasteiger partial charge in [0.05, 0.1) is 4.47 Å². The molecule has 1 saturated heterocycles. The Hall–Kier alpha value is -1.08. The van der Waals surface area contributed by atoms with Crippen molar-refractivity contribution in [3.63, 3.8) is 0 Å². The minimum Gasteiger partial charge on any atom is -0.365 e. The van der Waals surface area contributed by atoms with Crippen LogP contribution in [0.2, 0.25) is 0 Å². The van der Waals surface area contributed by atoms with Crippen molar-refractivity contribution in [1.29, 1.82) is 0 Å². The maximum absolute atomic E-state index is 11.9. The normalized spacial score (nSPS) is 19.3. The van der Waals surface area contributed by atoms with Crippen LogP contribution in [0.4, 0.5) is 5.69 Å². The van der Waals surface area contributed by atoms with Crippen molar-refractivity contribution in [3.05, 3.63) is 27.1 Å². The van der Waals surface area contributed by atoms with E-state index in [0.717, 1.165) is 11.8 Å². The van der Waals surface area contributed by atoms with E-state index >= 15 is 0 Å². The van der Waals surface area contributed by atoms with E-state index in [9.17, 15) is 14.4 Å². The van der Waals surface area contributed by atoms with Crippen molar-refractivity contribution in [2.45, 2.75) is 18.6 Å². The van der Waals surface area contributed by atoms with Crippen LogP contribution in [0.3, 0.4) is 0 Å². The second-order valence-electron chi connectivity index (χ2n) is 3.96. The van der Waals surface area contributed by atoms with Crippen LogP contribution >= 0.6 is 27.7 Å². The van der Waals surface area contributed by atoms with Crippen molar-refractivity contribution in [2.75, 3.05) is 11.4 Å². The molecule has 1 atom stereocenters. The number of hydrogen-bond donors (Lipinski definition) is 1. The molecule has 7 heteroatoms. The summed E-state index contributed by atoms with van der Waals surface area (Å²) in [6.45, 7) is 1.87. The predicted octanol–water partition coefficient (Wildman–Crippen LogP) is 1.52. The number of carbonyl (C=O) groups is 2. The third kappa shape index (κ3) is 2.67. The molecule has 2 rings (SSSR count). The fraction of sp³-hybridized carbons (Fsp3) is 0.364. The van der Waals surface area contributed by atoms with E-state index in [-0.39, 0.29) is 28.1 Å². The van der Waals surface area contributed by atoms with Crippen LogP contribution in [0.15, 0.2) is 21.7 Å². The topological polar surface area (TPSA) is 70.2 Å². The van der Waals surface area contributed by atoms with Gasteiger partial charge >= 0.3 is 0 Å². The minimum absolute atomic E-state index is 0.0159. The molecule has 1 N–H and O–H groups in total. The molecular formula is C11H11BrN2O3S. The zero-order valence-electron chi connectivity index (χ0n) is 9.60. The van der Waals surface area contributed by atoms with Gasteiger partial charge in [0.2, 0.25) is 11.3 Å². The molecule has 5 nitrogen and oxygen atoms in total. The summed E-state index contributed by atoms with van der Waals surface area (Å²) in [7, 11) is 0. The standard InChI is InChI=1S/C11H11BrN2O3S/c1-6(15)18-7-2-10(16)14(5-7)9-4-13-3-8(12)11(9)17/h3-4,7H,2,5H2,1H3,(H,13,17). The molecule has 2 heterocycles. The highest BCUT2D eigenvalue weighted by atomic mass is 79.9. The molecule has 1 aromatic heterocycles. The van der Waals surface area contributed by atoms with Crippen LogP contribution in [-0.2, 0) is 9.59 Å². The van der Waals surface area contributed by atoms with Crippen molar-refractivity contribution in [1.82, 2.24) is 4.98 Å². The van der Waals surface area contributed by atoms with E-state index in [4.69, 9.17) is 0 Å².